The number of rotatable bonds is 5. The molecule has 0 spiro atoms. The number of aromatic nitrogens is 2. The normalized spacial score (nSPS) is 15.2. The van der Waals surface area contributed by atoms with Crippen molar-refractivity contribution in [3.63, 3.8) is 0 Å². The second-order valence-electron chi connectivity index (χ2n) is 5.62. The first-order valence-electron chi connectivity index (χ1n) is 7.65. The van der Waals surface area contributed by atoms with Crippen LogP contribution in [-0.4, -0.2) is 61.3 Å². The van der Waals surface area contributed by atoms with E-state index in [1.807, 2.05) is 36.0 Å². The lowest BCUT2D eigenvalue weighted by Gasteiger charge is -2.35. The van der Waals surface area contributed by atoms with E-state index in [-0.39, 0.29) is 5.91 Å². The molecular weight excluding hydrogens is 266 g/mol. The number of anilines is 2. The van der Waals surface area contributed by atoms with E-state index in [9.17, 15) is 4.79 Å². The van der Waals surface area contributed by atoms with Crippen LogP contribution >= 0.6 is 0 Å². The highest BCUT2D eigenvalue weighted by Crippen LogP contribution is 2.15. The Morgan fingerprint density at radius 2 is 1.90 bits per heavy atom. The summed E-state index contributed by atoms with van der Waals surface area (Å²) in [7, 11) is 3.90. The summed E-state index contributed by atoms with van der Waals surface area (Å²) in [6, 6.07) is 3.97. The molecule has 0 unspecified atom stereocenters. The maximum Gasteiger partial charge on any atom is 0.222 e. The van der Waals surface area contributed by atoms with Gasteiger partial charge in [-0.15, -0.1) is 10.2 Å². The van der Waals surface area contributed by atoms with Crippen LogP contribution in [0.4, 0.5) is 11.6 Å². The van der Waals surface area contributed by atoms with Gasteiger partial charge in [0.2, 0.25) is 5.91 Å². The molecule has 1 saturated heterocycles. The summed E-state index contributed by atoms with van der Waals surface area (Å²) < 4.78 is 0. The van der Waals surface area contributed by atoms with Crippen LogP contribution in [0.5, 0.6) is 0 Å². The first-order chi connectivity index (χ1) is 10.1. The monoisotopic (exact) mass is 291 g/mol. The van der Waals surface area contributed by atoms with Crippen molar-refractivity contribution in [2.24, 2.45) is 0 Å². The van der Waals surface area contributed by atoms with Gasteiger partial charge in [-0.1, -0.05) is 13.3 Å². The minimum Gasteiger partial charge on any atom is -0.361 e. The maximum atomic E-state index is 12.0. The molecule has 0 radical (unpaired) electrons. The molecule has 1 fully saturated rings. The van der Waals surface area contributed by atoms with Gasteiger partial charge in [0.1, 0.15) is 0 Å². The average molecular weight is 291 g/mol. The van der Waals surface area contributed by atoms with E-state index in [2.05, 4.69) is 22.0 Å². The second-order valence-corrected chi connectivity index (χ2v) is 5.62. The van der Waals surface area contributed by atoms with Crippen molar-refractivity contribution >= 4 is 17.5 Å². The fraction of sp³-hybridized carbons (Fsp3) is 0.667. The van der Waals surface area contributed by atoms with Crippen molar-refractivity contribution in [2.75, 3.05) is 50.1 Å². The molecule has 1 amide bonds. The predicted molar refractivity (Wildman–Crippen MR) is 84.7 cm³/mol. The predicted octanol–water partition coefficient (Wildman–Crippen LogP) is 1.38. The number of hydrogen-bond acceptors (Lipinski definition) is 5. The quantitative estimate of drug-likeness (QED) is 0.820. The molecular formula is C15H25N5O. The molecule has 116 valence electrons. The number of nitrogens with zero attached hydrogens (tertiary/aromatic N) is 5. The van der Waals surface area contributed by atoms with Crippen LogP contribution in [0.2, 0.25) is 0 Å². The molecule has 1 aliphatic heterocycles. The molecule has 0 N–H and O–H groups in total. The summed E-state index contributed by atoms with van der Waals surface area (Å²) >= 11 is 0. The Kier molecular flexibility index (Phi) is 5.36. The molecule has 1 aliphatic rings. The minimum atomic E-state index is 0.283. The molecule has 2 heterocycles. The highest BCUT2D eigenvalue weighted by atomic mass is 16.2. The summed E-state index contributed by atoms with van der Waals surface area (Å²) in [4.78, 5) is 18.1. The largest absolute Gasteiger partial charge is 0.361 e. The number of hydrogen-bond donors (Lipinski definition) is 0. The van der Waals surface area contributed by atoms with Crippen molar-refractivity contribution in [2.45, 2.75) is 26.2 Å². The van der Waals surface area contributed by atoms with Gasteiger partial charge in [-0.25, -0.2) is 0 Å². The number of amides is 1. The highest BCUT2D eigenvalue weighted by molar-refractivity contribution is 5.76. The first-order valence-corrected chi connectivity index (χ1v) is 7.65. The fourth-order valence-electron chi connectivity index (χ4n) is 2.40. The molecule has 0 aromatic carbocycles. The van der Waals surface area contributed by atoms with E-state index < -0.39 is 0 Å². The summed E-state index contributed by atoms with van der Waals surface area (Å²) in [6.07, 6.45) is 2.73. The van der Waals surface area contributed by atoms with E-state index >= 15 is 0 Å². The van der Waals surface area contributed by atoms with Gasteiger partial charge in [0.25, 0.3) is 0 Å². The molecule has 1 aromatic heterocycles. The van der Waals surface area contributed by atoms with Crippen LogP contribution < -0.4 is 9.80 Å². The number of piperazine rings is 1. The Balaban J connectivity index is 1.87. The van der Waals surface area contributed by atoms with E-state index in [0.29, 0.717) is 6.42 Å². The number of carbonyl (C=O) groups excluding carboxylic acids is 1. The van der Waals surface area contributed by atoms with E-state index in [1.165, 1.54) is 0 Å². The Morgan fingerprint density at radius 1 is 1.19 bits per heavy atom. The van der Waals surface area contributed by atoms with Crippen LogP contribution in [0.1, 0.15) is 26.2 Å². The third kappa shape index (κ3) is 4.06. The van der Waals surface area contributed by atoms with E-state index in [4.69, 9.17) is 0 Å². The molecule has 1 aromatic rings. The van der Waals surface area contributed by atoms with E-state index in [0.717, 1.165) is 50.7 Å². The third-order valence-electron chi connectivity index (χ3n) is 3.80. The lowest BCUT2D eigenvalue weighted by molar-refractivity contribution is -0.131. The van der Waals surface area contributed by atoms with Gasteiger partial charge in [-0.3, -0.25) is 4.79 Å². The van der Waals surface area contributed by atoms with Crippen molar-refractivity contribution in [3.8, 4) is 0 Å². The third-order valence-corrected chi connectivity index (χ3v) is 3.80. The van der Waals surface area contributed by atoms with Gasteiger partial charge < -0.3 is 14.7 Å². The molecule has 0 aliphatic carbocycles. The van der Waals surface area contributed by atoms with Crippen molar-refractivity contribution in [1.82, 2.24) is 15.1 Å². The van der Waals surface area contributed by atoms with Gasteiger partial charge in [0.05, 0.1) is 0 Å². The van der Waals surface area contributed by atoms with Crippen LogP contribution in [0.15, 0.2) is 12.1 Å². The summed E-state index contributed by atoms with van der Waals surface area (Å²) in [6.45, 7) is 5.32. The Labute approximate surface area is 126 Å². The zero-order chi connectivity index (χ0) is 15.2. The van der Waals surface area contributed by atoms with Crippen LogP contribution in [0, 0.1) is 0 Å². The first kappa shape index (κ1) is 15.5. The maximum absolute atomic E-state index is 12.0. The Bertz CT molecular complexity index is 452. The molecule has 0 atom stereocenters. The van der Waals surface area contributed by atoms with Crippen LogP contribution in [0.3, 0.4) is 0 Å². The zero-order valence-corrected chi connectivity index (χ0v) is 13.2. The van der Waals surface area contributed by atoms with Gasteiger partial charge >= 0.3 is 0 Å². The minimum absolute atomic E-state index is 0.283. The summed E-state index contributed by atoms with van der Waals surface area (Å²) in [5.74, 6) is 2.03. The molecule has 0 saturated carbocycles. The van der Waals surface area contributed by atoms with Gasteiger partial charge in [-0.2, -0.15) is 0 Å². The Hall–Kier alpha value is -1.85. The topological polar surface area (TPSA) is 52.6 Å². The van der Waals surface area contributed by atoms with Gasteiger partial charge in [0.15, 0.2) is 11.6 Å². The molecule has 0 bridgehead atoms. The highest BCUT2D eigenvalue weighted by Gasteiger charge is 2.21. The van der Waals surface area contributed by atoms with E-state index in [1.54, 1.807) is 0 Å². The Morgan fingerprint density at radius 3 is 2.43 bits per heavy atom. The molecule has 2 rings (SSSR count). The summed E-state index contributed by atoms with van der Waals surface area (Å²) in [5, 5.41) is 8.48. The van der Waals surface area contributed by atoms with Crippen molar-refractivity contribution in [1.29, 1.82) is 0 Å². The molecule has 6 heteroatoms. The standard InChI is InChI=1S/C15H25N5O/c1-4-5-6-15(21)20-11-9-19(10-12-20)14-8-7-13(16-17-14)18(2)3/h7-8H,4-6,9-12H2,1-3H3. The second kappa shape index (κ2) is 7.24. The average Bonchev–Trinajstić information content (AvgIpc) is 2.53. The SMILES string of the molecule is CCCCC(=O)N1CCN(c2ccc(N(C)C)nn2)CC1. The van der Waals surface area contributed by atoms with Crippen LogP contribution in [-0.2, 0) is 4.79 Å². The lowest BCUT2D eigenvalue weighted by Crippen LogP contribution is -2.49. The van der Waals surface area contributed by atoms with Gasteiger partial charge in [0, 0.05) is 46.7 Å². The fourth-order valence-corrected chi connectivity index (χ4v) is 2.40. The smallest absolute Gasteiger partial charge is 0.222 e. The molecule has 6 nitrogen and oxygen atoms in total. The van der Waals surface area contributed by atoms with Crippen molar-refractivity contribution in [3.05, 3.63) is 12.1 Å². The summed E-state index contributed by atoms with van der Waals surface area (Å²) in [5.41, 5.74) is 0. The van der Waals surface area contributed by atoms with Crippen LogP contribution in [0.25, 0.3) is 0 Å². The zero-order valence-electron chi connectivity index (χ0n) is 13.2. The number of carbonyl (C=O) groups is 1. The van der Waals surface area contributed by atoms with Crippen molar-refractivity contribution < 1.29 is 4.79 Å². The lowest BCUT2D eigenvalue weighted by atomic mass is 10.2. The van der Waals surface area contributed by atoms with Gasteiger partial charge in [-0.05, 0) is 18.6 Å². The number of unbranched alkanes of at least 4 members (excludes halogenated alkanes) is 1. The molecule has 21 heavy (non-hydrogen) atoms.